The molecular formula is C20H14F4N2O2. The van der Waals surface area contributed by atoms with Crippen LogP contribution in [0.5, 0.6) is 0 Å². The molecule has 8 heteroatoms. The van der Waals surface area contributed by atoms with Gasteiger partial charge in [0.25, 0.3) is 0 Å². The maximum atomic E-state index is 13.4. The van der Waals surface area contributed by atoms with E-state index in [1.54, 1.807) is 6.07 Å². The quantitative estimate of drug-likeness (QED) is 0.626. The zero-order valence-corrected chi connectivity index (χ0v) is 14.4. The van der Waals surface area contributed by atoms with Crippen molar-refractivity contribution >= 4 is 11.6 Å². The highest BCUT2D eigenvalue weighted by Gasteiger charge is 2.54. The molecule has 1 aliphatic rings. The maximum Gasteiger partial charge on any atom is 0.419 e. The lowest BCUT2D eigenvalue weighted by atomic mass is 10.00. The first-order valence-electron chi connectivity index (χ1n) is 8.50. The van der Waals surface area contributed by atoms with E-state index in [1.165, 1.54) is 0 Å². The molecule has 1 aliphatic carbocycles. The summed E-state index contributed by atoms with van der Waals surface area (Å²) in [4.78, 5) is 12.7. The average Bonchev–Trinajstić information content (AvgIpc) is 3.33. The maximum absolute atomic E-state index is 13.4. The molecule has 2 aromatic carbocycles. The Balaban J connectivity index is 1.57. The van der Waals surface area contributed by atoms with Crippen molar-refractivity contribution < 1.29 is 26.9 Å². The fraction of sp³-hybridized carbons (Fsp3) is 0.200. The number of hydrogen-bond donors (Lipinski definition) is 1. The van der Waals surface area contributed by atoms with Crippen molar-refractivity contribution in [1.82, 2.24) is 5.16 Å². The molecule has 1 N–H and O–H groups in total. The topological polar surface area (TPSA) is 55.1 Å². The SMILES string of the molecule is O=C(Nc1ccc(F)c(C(F)(F)F)c1)C1(c2cc(-c3ccccc3)on2)CC1. The summed E-state index contributed by atoms with van der Waals surface area (Å²) in [7, 11) is 0. The van der Waals surface area contributed by atoms with Crippen molar-refractivity contribution in [3.8, 4) is 11.3 Å². The number of nitrogens with zero attached hydrogens (tertiary/aromatic N) is 1. The van der Waals surface area contributed by atoms with Crippen LogP contribution in [-0.4, -0.2) is 11.1 Å². The van der Waals surface area contributed by atoms with E-state index < -0.39 is 28.9 Å². The highest BCUT2D eigenvalue weighted by molar-refractivity contribution is 6.01. The normalized spacial score (nSPS) is 15.3. The van der Waals surface area contributed by atoms with Crippen LogP contribution < -0.4 is 5.32 Å². The number of carbonyl (C=O) groups is 1. The first-order valence-corrected chi connectivity index (χ1v) is 8.50. The summed E-state index contributed by atoms with van der Waals surface area (Å²) in [5.41, 5.74) is -1.30. The molecule has 144 valence electrons. The van der Waals surface area contributed by atoms with Gasteiger partial charge in [-0.15, -0.1) is 0 Å². The second-order valence-electron chi connectivity index (χ2n) is 6.67. The lowest BCUT2D eigenvalue weighted by molar-refractivity contribution is -0.140. The van der Waals surface area contributed by atoms with E-state index in [2.05, 4.69) is 10.5 Å². The third kappa shape index (κ3) is 3.26. The Bertz CT molecular complexity index is 1020. The van der Waals surface area contributed by atoms with Gasteiger partial charge in [0.1, 0.15) is 5.82 Å². The van der Waals surface area contributed by atoms with Gasteiger partial charge < -0.3 is 9.84 Å². The van der Waals surface area contributed by atoms with Crippen LogP contribution in [0.15, 0.2) is 59.1 Å². The van der Waals surface area contributed by atoms with Crippen LogP contribution in [0.4, 0.5) is 23.2 Å². The Labute approximate surface area is 157 Å². The summed E-state index contributed by atoms with van der Waals surface area (Å²) in [6.07, 6.45) is -3.86. The van der Waals surface area contributed by atoms with Gasteiger partial charge in [0.2, 0.25) is 5.91 Å². The van der Waals surface area contributed by atoms with E-state index in [0.29, 0.717) is 36.4 Å². The molecule has 4 rings (SSSR count). The molecule has 0 bridgehead atoms. The summed E-state index contributed by atoms with van der Waals surface area (Å²) < 4.78 is 57.4. The second kappa shape index (κ2) is 6.47. The average molecular weight is 390 g/mol. The van der Waals surface area contributed by atoms with Crippen LogP contribution in [0, 0.1) is 5.82 Å². The van der Waals surface area contributed by atoms with Crippen molar-refractivity contribution in [2.75, 3.05) is 5.32 Å². The van der Waals surface area contributed by atoms with Gasteiger partial charge in [0, 0.05) is 17.3 Å². The largest absolute Gasteiger partial charge is 0.419 e. The van der Waals surface area contributed by atoms with Crippen LogP contribution in [0.3, 0.4) is 0 Å². The number of hydrogen-bond acceptors (Lipinski definition) is 3. The van der Waals surface area contributed by atoms with Crippen LogP contribution in [0.2, 0.25) is 0 Å². The van der Waals surface area contributed by atoms with Crippen molar-refractivity contribution in [2.24, 2.45) is 0 Å². The molecule has 1 fully saturated rings. The molecule has 0 aliphatic heterocycles. The summed E-state index contributed by atoms with van der Waals surface area (Å²) in [6.45, 7) is 0. The Morgan fingerprint density at radius 1 is 1.07 bits per heavy atom. The predicted molar refractivity (Wildman–Crippen MR) is 92.9 cm³/mol. The lowest BCUT2D eigenvalue weighted by Gasteiger charge is -2.14. The highest BCUT2D eigenvalue weighted by atomic mass is 19.4. The van der Waals surface area contributed by atoms with E-state index in [1.807, 2.05) is 30.3 Å². The van der Waals surface area contributed by atoms with E-state index in [-0.39, 0.29) is 5.69 Å². The summed E-state index contributed by atoms with van der Waals surface area (Å²) in [5.74, 6) is -1.40. The number of rotatable bonds is 4. The van der Waals surface area contributed by atoms with Crippen molar-refractivity contribution in [3.05, 3.63) is 71.7 Å². The number of amides is 1. The first kappa shape index (κ1) is 18.2. The van der Waals surface area contributed by atoms with Gasteiger partial charge in [0.05, 0.1) is 16.7 Å². The summed E-state index contributed by atoms with van der Waals surface area (Å²) in [5, 5.41) is 6.43. The number of nitrogens with one attached hydrogen (secondary N) is 1. The fourth-order valence-corrected chi connectivity index (χ4v) is 3.03. The van der Waals surface area contributed by atoms with Crippen molar-refractivity contribution in [3.63, 3.8) is 0 Å². The Morgan fingerprint density at radius 2 is 1.79 bits per heavy atom. The van der Waals surface area contributed by atoms with Gasteiger partial charge in [-0.05, 0) is 31.0 Å². The zero-order chi connectivity index (χ0) is 19.9. The molecular weight excluding hydrogens is 376 g/mol. The van der Waals surface area contributed by atoms with Crippen LogP contribution in [-0.2, 0) is 16.4 Å². The zero-order valence-electron chi connectivity index (χ0n) is 14.4. The number of halogens is 4. The standard InChI is InChI=1S/C20H14F4N2O2/c21-15-7-6-13(10-14(15)20(22,23)24)25-18(27)19(8-9-19)17-11-16(28-26-17)12-4-2-1-3-5-12/h1-7,10-11H,8-9H2,(H,25,27). The number of alkyl halides is 3. The number of carbonyl (C=O) groups excluding carboxylic acids is 1. The predicted octanol–water partition coefficient (Wildman–Crippen LogP) is 5.17. The fourth-order valence-electron chi connectivity index (χ4n) is 3.03. The first-order chi connectivity index (χ1) is 13.3. The van der Waals surface area contributed by atoms with Crippen LogP contribution >= 0.6 is 0 Å². The Morgan fingerprint density at radius 3 is 2.43 bits per heavy atom. The molecule has 0 spiro atoms. The lowest BCUT2D eigenvalue weighted by Crippen LogP contribution is -2.28. The van der Waals surface area contributed by atoms with Gasteiger partial charge in [-0.25, -0.2) is 4.39 Å². The molecule has 1 saturated carbocycles. The summed E-state index contributed by atoms with van der Waals surface area (Å²) in [6, 6.07) is 13.2. The molecule has 28 heavy (non-hydrogen) atoms. The van der Waals surface area contributed by atoms with E-state index in [4.69, 9.17) is 4.52 Å². The smallest absolute Gasteiger partial charge is 0.356 e. The van der Waals surface area contributed by atoms with Gasteiger partial charge in [-0.2, -0.15) is 13.2 Å². The number of aromatic nitrogens is 1. The third-order valence-electron chi connectivity index (χ3n) is 4.77. The minimum absolute atomic E-state index is 0.128. The van der Waals surface area contributed by atoms with E-state index in [0.717, 1.165) is 11.6 Å². The second-order valence-corrected chi connectivity index (χ2v) is 6.67. The highest BCUT2D eigenvalue weighted by Crippen LogP contribution is 2.49. The van der Waals surface area contributed by atoms with Crippen molar-refractivity contribution in [2.45, 2.75) is 24.4 Å². The Hall–Kier alpha value is -3.16. The molecule has 0 unspecified atom stereocenters. The molecule has 3 aromatic rings. The van der Waals surface area contributed by atoms with Crippen LogP contribution in [0.25, 0.3) is 11.3 Å². The monoisotopic (exact) mass is 390 g/mol. The molecule has 0 atom stereocenters. The number of anilines is 1. The van der Waals surface area contributed by atoms with Gasteiger partial charge in [0.15, 0.2) is 5.76 Å². The molecule has 0 saturated heterocycles. The molecule has 1 amide bonds. The summed E-state index contributed by atoms with van der Waals surface area (Å²) >= 11 is 0. The number of benzene rings is 2. The minimum Gasteiger partial charge on any atom is -0.356 e. The Kier molecular flexibility index (Phi) is 4.21. The molecule has 0 radical (unpaired) electrons. The minimum atomic E-state index is -4.85. The third-order valence-corrected chi connectivity index (χ3v) is 4.77. The van der Waals surface area contributed by atoms with Gasteiger partial charge >= 0.3 is 6.18 Å². The van der Waals surface area contributed by atoms with Gasteiger partial charge in [-0.3, -0.25) is 4.79 Å². The van der Waals surface area contributed by atoms with E-state index >= 15 is 0 Å². The van der Waals surface area contributed by atoms with Crippen LogP contribution in [0.1, 0.15) is 24.1 Å². The molecule has 4 nitrogen and oxygen atoms in total. The van der Waals surface area contributed by atoms with E-state index in [9.17, 15) is 22.4 Å². The molecule has 1 aromatic heterocycles. The van der Waals surface area contributed by atoms with Crippen molar-refractivity contribution in [1.29, 1.82) is 0 Å². The molecule has 1 heterocycles. The van der Waals surface area contributed by atoms with Gasteiger partial charge in [-0.1, -0.05) is 35.5 Å².